The molecule has 23 heavy (non-hydrogen) atoms. The summed E-state index contributed by atoms with van der Waals surface area (Å²) in [5, 5.41) is 13.6. The number of benzene rings is 1. The van der Waals surface area contributed by atoms with E-state index in [0.29, 0.717) is 32.7 Å². The number of aryl methyl sites for hydroxylation is 1. The van der Waals surface area contributed by atoms with Crippen LogP contribution in [0, 0.1) is 6.92 Å². The van der Waals surface area contributed by atoms with Crippen molar-refractivity contribution >= 4 is 18.3 Å². The number of hydrogen-bond acceptors (Lipinski definition) is 4. The summed E-state index contributed by atoms with van der Waals surface area (Å²) in [5.41, 5.74) is 1.99. The molecule has 5 nitrogen and oxygen atoms in total. The van der Waals surface area contributed by atoms with E-state index in [1.165, 1.54) is 0 Å². The number of likely N-dealkylation sites (N-methyl/N-ethyl adjacent to an activating group) is 1. The third kappa shape index (κ3) is 6.11. The number of morpholine rings is 1. The van der Waals surface area contributed by atoms with Crippen molar-refractivity contribution in [1.82, 2.24) is 10.2 Å². The van der Waals surface area contributed by atoms with Gasteiger partial charge in [0, 0.05) is 19.6 Å². The third-order valence-corrected chi connectivity index (χ3v) is 4.00. The van der Waals surface area contributed by atoms with Crippen molar-refractivity contribution < 1.29 is 14.6 Å². The molecule has 1 aromatic rings. The number of carbonyl (C=O) groups is 1. The van der Waals surface area contributed by atoms with Crippen molar-refractivity contribution in [2.24, 2.45) is 0 Å². The number of halogens is 1. The van der Waals surface area contributed by atoms with E-state index in [4.69, 9.17) is 4.74 Å². The minimum Gasteiger partial charge on any atom is -0.387 e. The molecular weight excluding hydrogens is 316 g/mol. The molecule has 0 aliphatic carbocycles. The maximum absolute atomic E-state index is 12.4. The Morgan fingerprint density at radius 3 is 2.70 bits per heavy atom. The number of carbonyl (C=O) groups excluding carboxylic acids is 1. The highest BCUT2D eigenvalue weighted by molar-refractivity contribution is 5.85. The molecule has 1 amide bonds. The Kier molecular flexibility index (Phi) is 8.55. The van der Waals surface area contributed by atoms with Crippen LogP contribution >= 0.6 is 12.4 Å². The molecule has 2 unspecified atom stereocenters. The second-order valence-corrected chi connectivity index (χ2v) is 5.76. The van der Waals surface area contributed by atoms with Gasteiger partial charge in [-0.1, -0.05) is 29.8 Å². The quantitative estimate of drug-likeness (QED) is 0.825. The van der Waals surface area contributed by atoms with Crippen molar-refractivity contribution in [2.75, 3.05) is 32.8 Å². The van der Waals surface area contributed by atoms with Gasteiger partial charge < -0.3 is 20.1 Å². The van der Waals surface area contributed by atoms with Crippen LogP contribution in [0.4, 0.5) is 0 Å². The Morgan fingerprint density at radius 1 is 1.43 bits per heavy atom. The first-order valence-corrected chi connectivity index (χ1v) is 7.95. The maximum atomic E-state index is 12.4. The Balaban J connectivity index is 0.00000264. The third-order valence-electron chi connectivity index (χ3n) is 4.00. The second-order valence-electron chi connectivity index (χ2n) is 5.76. The van der Waals surface area contributed by atoms with E-state index in [1.54, 1.807) is 4.90 Å². The van der Waals surface area contributed by atoms with Crippen molar-refractivity contribution in [3.8, 4) is 0 Å². The van der Waals surface area contributed by atoms with Gasteiger partial charge in [-0.15, -0.1) is 12.4 Å². The molecule has 1 aliphatic heterocycles. The minimum atomic E-state index is -0.658. The lowest BCUT2D eigenvalue weighted by atomic mass is 10.1. The summed E-state index contributed by atoms with van der Waals surface area (Å²) < 4.78 is 5.57. The van der Waals surface area contributed by atoms with Gasteiger partial charge in [0.25, 0.3) is 0 Å². The molecule has 1 fully saturated rings. The first-order chi connectivity index (χ1) is 10.6. The molecule has 1 heterocycles. The van der Waals surface area contributed by atoms with E-state index in [-0.39, 0.29) is 24.4 Å². The van der Waals surface area contributed by atoms with Gasteiger partial charge in [0.05, 0.1) is 31.8 Å². The molecule has 0 aromatic heterocycles. The van der Waals surface area contributed by atoms with E-state index in [1.807, 2.05) is 38.1 Å². The molecule has 0 saturated carbocycles. The molecular formula is C17H27ClN2O3. The lowest BCUT2D eigenvalue weighted by Crippen LogP contribution is -2.43. The largest absolute Gasteiger partial charge is 0.387 e. The molecule has 2 N–H and O–H groups in total. The number of amides is 1. The zero-order valence-electron chi connectivity index (χ0n) is 13.8. The molecule has 1 aliphatic rings. The van der Waals surface area contributed by atoms with Crippen molar-refractivity contribution in [1.29, 1.82) is 0 Å². The number of rotatable bonds is 6. The van der Waals surface area contributed by atoms with Crippen LogP contribution in [0.15, 0.2) is 24.3 Å². The predicted molar refractivity (Wildman–Crippen MR) is 92.9 cm³/mol. The standard InChI is InChI=1S/C17H26N2O3.ClH/c1-3-19(17(21)10-15-11-18-8-9-22-15)12-16(20)14-6-4-13(2)5-7-14;/h4-7,15-16,18,20H,3,8-12H2,1-2H3;1H. The van der Waals surface area contributed by atoms with Gasteiger partial charge in [0.1, 0.15) is 0 Å². The molecule has 1 saturated heterocycles. The van der Waals surface area contributed by atoms with E-state index < -0.39 is 6.10 Å². The summed E-state index contributed by atoms with van der Waals surface area (Å²) >= 11 is 0. The average Bonchev–Trinajstić information content (AvgIpc) is 2.53. The van der Waals surface area contributed by atoms with Crippen LogP contribution in [-0.2, 0) is 9.53 Å². The Hall–Kier alpha value is -1.14. The summed E-state index contributed by atoms with van der Waals surface area (Å²) in [6.07, 6.45) is -0.358. The average molecular weight is 343 g/mol. The van der Waals surface area contributed by atoms with Crippen LogP contribution in [-0.4, -0.2) is 54.8 Å². The first kappa shape index (κ1) is 19.9. The van der Waals surface area contributed by atoms with Crippen LogP contribution in [0.25, 0.3) is 0 Å². The monoisotopic (exact) mass is 342 g/mol. The zero-order chi connectivity index (χ0) is 15.9. The van der Waals surface area contributed by atoms with Crippen LogP contribution < -0.4 is 5.32 Å². The summed E-state index contributed by atoms with van der Waals surface area (Å²) in [5.74, 6) is 0.0300. The topological polar surface area (TPSA) is 61.8 Å². The highest BCUT2D eigenvalue weighted by Gasteiger charge is 2.22. The number of aliphatic hydroxyl groups excluding tert-OH is 1. The van der Waals surface area contributed by atoms with Crippen LogP contribution in [0.5, 0.6) is 0 Å². The Bertz CT molecular complexity index is 475. The lowest BCUT2D eigenvalue weighted by molar-refractivity contribution is -0.136. The molecule has 1 aromatic carbocycles. The number of aliphatic hydroxyl groups is 1. The highest BCUT2D eigenvalue weighted by atomic mass is 35.5. The Labute approximate surface area is 144 Å². The lowest BCUT2D eigenvalue weighted by Gasteiger charge is -2.28. The normalized spacial score (nSPS) is 18.8. The summed E-state index contributed by atoms with van der Waals surface area (Å²) in [6.45, 7) is 7.05. The fourth-order valence-electron chi connectivity index (χ4n) is 2.58. The van der Waals surface area contributed by atoms with Gasteiger partial charge in [0.15, 0.2) is 0 Å². The maximum Gasteiger partial charge on any atom is 0.225 e. The number of nitrogens with zero attached hydrogens (tertiary/aromatic N) is 1. The highest BCUT2D eigenvalue weighted by Crippen LogP contribution is 2.16. The number of nitrogens with one attached hydrogen (secondary N) is 1. The first-order valence-electron chi connectivity index (χ1n) is 7.95. The molecule has 2 atom stereocenters. The smallest absolute Gasteiger partial charge is 0.225 e. The molecule has 2 rings (SSSR count). The fraction of sp³-hybridized carbons (Fsp3) is 0.588. The minimum absolute atomic E-state index is 0. The van der Waals surface area contributed by atoms with E-state index >= 15 is 0 Å². The van der Waals surface area contributed by atoms with Crippen LogP contribution in [0.1, 0.15) is 30.6 Å². The SMILES string of the molecule is CCN(CC(O)c1ccc(C)cc1)C(=O)CC1CNCCO1.Cl. The van der Waals surface area contributed by atoms with Crippen molar-refractivity contribution in [2.45, 2.75) is 32.5 Å². The van der Waals surface area contributed by atoms with E-state index in [9.17, 15) is 9.90 Å². The van der Waals surface area contributed by atoms with Crippen LogP contribution in [0.3, 0.4) is 0 Å². The van der Waals surface area contributed by atoms with Gasteiger partial charge in [-0.3, -0.25) is 4.79 Å². The van der Waals surface area contributed by atoms with Gasteiger partial charge in [-0.2, -0.15) is 0 Å². The zero-order valence-corrected chi connectivity index (χ0v) is 14.6. The number of ether oxygens (including phenoxy) is 1. The summed E-state index contributed by atoms with van der Waals surface area (Å²) in [7, 11) is 0. The number of hydrogen-bond donors (Lipinski definition) is 2. The van der Waals surface area contributed by atoms with Crippen molar-refractivity contribution in [3.63, 3.8) is 0 Å². The van der Waals surface area contributed by atoms with Gasteiger partial charge in [-0.25, -0.2) is 0 Å². The van der Waals surface area contributed by atoms with Crippen molar-refractivity contribution in [3.05, 3.63) is 35.4 Å². The molecule has 0 bridgehead atoms. The van der Waals surface area contributed by atoms with E-state index in [2.05, 4.69) is 5.32 Å². The molecule has 130 valence electrons. The van der Waals surface area contributed by atoms with Crippen LogP contribution in [0.2, 0.25) is 0 Å². The predicted octanol–water partition coefficient (Wildman–Crippen LogP) is 1.68. The molecule has 0 spiro atoms. The molecule has 6 heteroatoms. The Morgan fingerprint density at radius 2 is 2.13 bits per heavy atom. The molecule has 0 radical (unpaired) electrons. The van der Waals surface area contributed by atoms with Gasteiger partial charge >= 0.3 is 0 Å². The van der Waals surface area contributed by atoms with Gasteiger partial charge in [-0.05, 0) is 19.4 Å². The second kappa shape index (κ2) is 9.88. The van der Waals surface area contributed by atoms with Gasteiger partial charge in [0.2, 0.25) is 5.91 Å². The fourth-order valence-corrected chi connectivity index (χ4v) is 2.58. The summed E-state index contributed by atoms with van der Waals surface area (Å²) in [6, 6.07) is 7.76. The van der Waals surface area contributed by atoms with E-state index in [0.717, 1.165) is 17.7 Å². The summed E-state index contributed by atoms with van der Waals surface area (Å²) in [4.78, 5) is 14.1.